The van der Waals surface area contributed by atoms with Crippen molar-refractivity contribution in [1.29, 1.82) is 0 Å². The van der Waals surface area contributed by atoms with Gasteiger partial charge >= 0.3 is 0 Å². The van der Waals surface area contributed by atoms with Crippen LogP contribution in [0, 0.1) is 0 Å². The summed E-state index contributed by atoms with van der Waals surface area (Å²) in [5.74, 6) is 1.89. The summed E-state index contributed by atoms with van der Waals surface area (Å²) in [7, 11) is 0. The van der Waals surface area contributed by atoms with E-state index in [2.05, 4.69) is 44.7 Å². The van der Waals surface area contributed by atoms with Crippen molar-refractivity contribution in [3.63, 3.8) is 0 Å². The Kier molecular flexibility index (Phi) is 10.8. The van der Waals surface area contributed by atoms with Gasteiger partial charge in [-0.2, -0.15) is 0 Å². The molecule has 2 rings (SSSR count). The molecule has 0 aliphatic heterocycles. The molecule has 2 aromatic heterocycles. The van der Waals surface area contributed by atoms with Crippen LogP contribution in [0.1, 0.15) is 39.0 Å². The van der Waals surface area contributed by atoms with E-state index in [9.17, 15) is 4.79 Å². The van der Waals surface area contributed by atoms with Crippen LogP contribution in [-0.4, -0.2) is 22.8 Å². The molecule has 0 radical (unpaired) electrons. The second kappa shape index (κ2) is 12.8. The molecule has 0 aromatic carbocycles. The summed E-state index contributed by atoms with van der Waals surface area (Å²) in [6.45, 7) is 12.3. The highest BCUT2D eigenvalue weighted by Crippen LogP contribution is 2.26. The van der Waals surface area contributed by atoms with Crippen molar-refractivity contribution in [2.45, 2.75) is 40.5 Å². The molecule has 1 N–H and O–H groups in total. The fourth-order valence-electron chi connectivity index (χ4n) is 2.43. The number of rotatable bonds is 9. The zero-order valence-corrected chi connectivity index (χ0v) is 18.5. The van der Waals surface area contributed by atoms with Gasteiger partial charge in [0.1, 0.15) is 12.1 Å². The van der Waals surface area contributed by atoms with Crippen LogP contribution in [0.4, 0.5) is 5.82 Å². The molecule has 0 saturated heterocycles. The van der Waals surface area contributed by atoms with Crippen molar-refractivity contribution in [2.24, 2.45) is 0 Å². The molecule has 0 aliphatic rings. The van der Waals surface area contributed by atoms with E-state index in [1.54, 1.807) is 12.2 Å². The molecule has 6 heteroatoms. The molecule has 0 fully saturated rings. The number of carbonyl (C=O) groups is 1. The first-order valence-electron chi connectivity index (χ1n) is 9.41. The van der Waals surface area contributed by atoms with Crippen molar-refractivity contribution in [3.8, 4) is 11.6 Å². The van der Waals surface area contributed by atoms with E-state index in [1.165, 1.54) is 0 Å². The highest BCUT2D eigenvalue weighted by Gasteiger charge is 2.15. The number of allylic oxidation sites excluding steroid dienone is 4. The third-order valence-corrected chi connectivity index (χ3v) is 4.16. The SMILES string of the molecule is C=CCc1c(CC)nc(-c2ccc(Br)o2)nc1NC/C=C\C(C=O)=C/C.CC. The largest absolute Gasteiger partial charge is 0.446 e. The van der Waals surface area contributed by atoms with E-state index in [1.807, 2.05) is 45.1 Å². The van der Waals surface area contributed by atoms with E-state index in [4.69, 9.17) is 4.42 Å². The Labute approximate surface area is 175 Å². The molecule has 2 aromatic rings. The van der Waals surface area contributed by atoms with Crippen LogP contribution in [0.2, 0.25) is 0 Å². The molecule has 5 nitrogen and oxygen atoms in total. The summed E-state index contributed by atoms with van der Waals surface area (Å²) in [4.78, 5) is 20.1. The number of hydrogen-bond donors (Lipinski definition) is 1. The molecular formula is C22H28BrN3O2. The lowest BCUT2D eigenvalue weighted by Gasteiger charge is -2.13. The number of carbonyl (C=O) groups excluding carboxylic acids is 1. The lowest BCUT2D eigenvalue weighted by atomic mass is 10.1. The minimum absolute atomic E-state index is 0.536. The lowest BCUT2D eigenvalue weighted by molar-refractivity contribution is -0.104. The van der Waals surface area contributed by atoms with Gasteiger partial charge in [0.2, 0.25) is 0 Å². The molecule has 150 valence electrons. The maximum Gasteiger partial charge on any atom is 0.197 e. The van der Waals surface area contributed by atoms with Crippen molar-refractivity contribution in [3.05, 3.63) is 64.5 Å². The van der Waals surface area contributed by atoms with Crippen LogP contribution in [0.3, 0.4) is 0 Å². The minimum atomic E-state index is 0.536. The molecule has 0 atom stereocenters. The lowest BCUT2D eigenvalue weighted by Crippen LogP contribution is -2.10. The number of furan rings is 1. The number of halogens is 1. The zero-order valence-electron chi connectivity index (χ0n) is 17.0. The maximum absolute atomic E-state index is 10.8. The molecule has 0 unspecified atom stereocenters. The Morgan fingerprint density at radius 1 is 1.32 bits per heavy atom. The van der Waals surface area contributed by atoms with Gasteiger partial charge in [0.15, 0.2) is 16.3 Å². The Morgan fingerprint density at radius 2 is 2.07 bits per heavy atom. The first-order chi connectivity index (χ1) is 13.6. The summed E-state index contributed by atoms with van der Waals surface area (Å²) in [6.07, 6.45) is 9.54. The van der Waals surface area contributed by atoms with Gasteiger partial charge in [-0.15, -0.1) is 6.58 Å². The average molecular weight is 446 g/mol. The van der Waals surface area contributed by atoms with Crippen molar-refractivity contribution >= 4 is 28.0 Å². The predicted octanol–water partition coefficient (Wildman–Crippen LogP) is 5.93. The smallest absolute Gasteiger partial charge is 0.197 e. The molecule has 0 saturated carbocycles. The van der Waals surface area contributed by atoms with E-state index in [0.717, 1.165) is 29.8 Å². The molecule has 28 heavy (non-hydrogen) atoms. The van der Waals surface area contributed by atoms with Crippen molar-refractivity contribution < 1.29 is 9.21 Å². The first kappa shape index (κ1) is 23.6. The van der Waals surface area contributed by atoms with Crippen LogP contribution < -0.4 is 5.32 Å². The van der Waals surface area contributed by atoms with Crippen LogP contribution >= 0.6 is 15.9 Å². The summed E-state index contributed by atoms with van der Waals surface area (Å²) >= 11 is 3.31. The van der Waals surface area contributed by atoms with Crippen LogP contribution in [0.15, 0.2) is 57.7 Å². The summed E-state index contributed by atoms with van der Waals surface area (Å²) < 4.78 is 6.23. The number of hydrogen-bond acceptors (Lipinski definition) is 5. The number of aromatic nitrogens is 2. The molecule has 0 amide bonds. The number of nitrogens with zero attached hydrogens (tertiary/aromatic N) is 2. The standard InChI is InChI=1S/C20H22BrN3O2.C2H6/c1-4-8-15-16(6-3)23-20(17-10-11-18(21)26-17)24-19(15)22-12-7-9-14(5-2)13-25;1-2/h4-5,7,9-11,13H,1,6,8,12H2,2-3H3,(H,22,23,24);1-2H3/b9-7-,14-5+;. The predicted molar refractivity (Wildman–Crippen MR) is 120 cm³/mol. The minimum Gasteiger partial charge on any atom is -0.446 e. The normalized spacial score (nSPS) is 11.1. The topological polar surface area (TPSA) is 68.0 Å². The third-order valence-electron chi connectivity index (χ3n) is 3.74. The second-order valence-electron chi connectivity index (χ2n) is 5.46. The summed E-state index contributed by atoms with van der Waals surface area (Å²) in [6, 6.07) is 3.65. The van der Waals surface area contributed by atoms with Gasteiger partial charge in [-0.1, -0.05) is 45.1 Å². The molecule has 0 aliphatic carbocycles. The van der Waals surface area contributed by atoms with Gasteiger partial charge in [-0.3, -0.25) is 4.79 Å². The fourth-order valence-corrected chi connectivity index (χ4v) is 2.73. The van der Waals surface area contributed by atoms with E-state index in [-0.39, 0.29) is 0 Å². The van der Waals surface area contributed by atoms with Gasteiger partial charge in [0, 0.05) is 23.4 Å². The monoisotopic (exact) mass is 445 g/mol. The Morgan fingerprint density at radius 3 is 2.61 bits per heavy atom. The number of aryl methyl sites for hydroxylation is 1. The molecular weight excluding hydrogens is 418 g/mol. The Balaban J connectivity index is 0.00000190. The second-order valence-corrected chi connectivity index (χ2v) is 6.24. The molecule has 2 heterocycles. The van der Waals surface area contributed by atoms with Crippen molar-refractivity contribution in [2.75, 3.05) is 11.9 Å². The van der Waals surface area contributed by atoms with Crippen LogP contribution in [0.25, 0.3) is 11.6 Å². The highest BCUT2D eigenvalue weighted by molar-refractivity contribution is 9.10. The van der Waals surface area contributed by atoms with Gasteiger partial charge in [-0.05, 0) is 47.8 Å². The molecule has 0 spiro atoms. The highest BCUT2D eigenvalue weighted by atomic mass is 79.9. The third kappa shape index (κ3) is 6.60. The van der Waals surface area contributed by atoms with E-state index >= 15 is 0 Å². The van der Waals surface area contributed by atoms with Gasteiger partial charge in [-0.25, -0.2) is 9.97 Å². The first-order valence-corrected chi connectivity index (χ1v) is 10.2. The van der Waals surface area contributed by atoms with Gasteiger partial charge in [0.25, 0.3) is 0 Å². The fraction of sp³-hybridized carbons (Fsp3) is 0.318. The average Bonchev–Trinajstić information content (AvgIpc) is 3.17. The molecule has 0 bridgehead atoms. The van der Waals surface area contributed by atoms with Crippen LogP contribution in [-0.2, 0) is 17.6 Å². The maximum atomic E-state index is 10.8. The van der Waals surface area contributed by atoms with Gasteiger partial charge < -0.3 is 9.73 Å². The Bertz CT molecular complexity index is 838. The number of nitrogens with one attached hydrogen (secondary N) is 1. The quantitative estimate of drug-likeness (QED) is 0.224. The van der Waals surface area contributed by atoms with Crippen LogP contribution in [0.5, 0.6) is 0 Å². The van der Waals surface area contributed by atoms with Gasteiger partial charge in [0.05, 0.1) is 0 Å². The number of anilines is 1. The zero-order chi connectivity index (χ0) is 20.9. The summed E-state index contributed by atoms with van der Waals surface area (Å²) in [5.41, 5.74) is 2.61. The summed E-state index contributed by atoms with van der Waals surface area (Å²) in [5, 5.41) is 3.31. The van der Waals surface area contributed by atoms with E-state index < -0.39 is 0 Å². The van der Waals surface area contributed by atoms with E-state index in [0.29, 0.717) is 34.8 Å². The number of aldehydes is 1. The Hall–Kier alpha value is -2.47. The van der Waals surface area contributed by atoms with Crippen molar-refractivity contribution in [1.82, 2.24) is 9.97 Å².